The Bertz CT molecular complexity index is 638. The third-order valence-corrected chi connectivity index (χ3v) is 3.42. The van der Waals surface area contributed by atoms with Crippen molar-refractivity contribution in [3.05, 3.63) is 59.2 Å². The highest BCUT2D eigenvalue weighted by atomic mass is 35.5. The molecule has 0 saturated carbocycles. The van der Waals surface area contributed by atoms with Gasteiger partial charge in [-0.25, -0.2) is 0 Å². The molecule has 0 fully saturated rings. The Kier molecular flexibility index (Phi) is 4.30. The van der Waals surface area contributed by atoms with Crippen LogP contribution in [0.2, 0.25) is 0 Å². The number of alkyl halides is 1. The van der Waals surface area contributed by atoms with E-state index < -0.39 is 0 Å². The van der Waals surface area contributed by atoms with Gasteiger partial charge >= 0.3 is 0 Å². The van der Waals surface area contributed by atoms with Crippen LogP contribution in [-0.4, -0.2) is 11.0 Å². The summed E-state index contributed by atoms with van der Waals surface area (Å²) in [5.41, 5.74) is 2.55. The lowest BCUT2D eigenvalue weighted by Crippen LogP contribution is -2.14. The quantitative estimate of drug-likeness (QED) is 0.830. The first kappa shape index (κ1) is 14.4. The van der Waals surface area contributed by atoms with Gasteiger partial charge in [0.15, 0.2) is 0 Å². The highest BCUT2D eigenvalue weighted by Crippen LogP contribution is 2.28. The molecule has 0 spiro atoms. The van der Waals surface area contributed by atoms with E-state index >= 15 is 0 Å². The molecule has 1 amide bonds. The van der Waals surface area contributed by atoms with Crippen LogP contribution in [0.1, 0.15) is 33.8 Å². The van der Waals surface area contributed by atoms with E-state index in [9.17, 15) is 9.90 Å². The molecule has 104 valence electrons. The predicted octanol–water partition coefficient (Wildman–Crippen LogP) is 4.25. The van der Waals surface area contributed by atoms with Crippen molar-refractivity contribution in [3.63, 3.8) is 0 Å². The van der Waals surface area contributed by atoms with Crippen LogP contribution in [0.4, 0.5) is 5.69 Å². The van der Waals surface area contributed by atoms with Crippen LogP contribution in [-0.2, 0) is 0 Å². The summed E-state index contributed by atoms with van der Waals surface area (Å²) < 4.78 is 0. The van der Waals surface area contributed by atoms with Crippen LogP contribution in [0.3, 0.4) is 0 Å². The lowest BCUT2D eigenvalue weighted by atomic mass is 10.1. The van der Waals surface area contributed by atoms with Gasteiger partial charge in [-0.15, -0.1) is 11.6 Å². The normalized spacial score (nSPS) is 11.9. The van der Waals surface area contributed by atoms with E-state index in [0.29, 0.717) is 16.8 Å². The van der Waals surface area contributed by atoms with Gasteiger partial charge in [-0.1, -0.05) is 24.3 Å². The van der Waals surface area contributed by atoms with Crippen LogP contribution in [0, 0.1) is 6.92 Å². The number of hydrogen-bond donors (Lipinski definition) is 2. The molecule has 0 aromatic heterocycles. The van der Waals surface area contributed by atoms with Gasteiger partial charge in [0.25, 0.3) is 5.91 Å². The molecule has 2 N–H and O–H groups in total. The van der Waals surface area contributed by atoms with E-state index in [1.54, 1.807) is 25.1 Å². The summed E-state index contributed by atoms with van der Waals surface area (Å²) >= 11 is 6.10. The first-order valence-electron chi connectivity index (χ1n) is 6.33. The average Bonchev–Trinajstić information content (AvgIpc) is 2.42. The van der Waals surface area contributed by atoms with Gasteiger partial charge in [0, 0.05) is 16.8 Å². The molecule has 1 atom stereocenters. The van der Waals surface area contributed by atoms with E-state index in [-0.39, 0.29) is 17.0 Å². The van der Waals surface area contributed by atoms with E-state index in [2.05, 4.69) is 5.32 Å². The van der Waals surface area contributed by atoms with Gasteiger partial charge in [0.2, 0.25) is 0 Å². The van der Waals surface area contributed by atoms with E-state index in [4.69, 9.17) is 11.6 Å². The molecule has 0 aliphatic rings. The monoisotopic (exact) mass is 289 g/mol. The van der Waals surface area contributed by atoms with Crippen LogP contribution >= 0.6 is 11.6 Å². The van der Waals surface area contributed by atoms with Crippen molar-refractivity contribution in [2.24, 2.45) is 0 Å². The Balaban J connectivity index is 2.31. The summed E-state index contributed by atoms with van der Waals surface area (Å²) in [6, 6.07) is 12.3. The molecular weight excluding hydrogens is 274 g/mol. The van der Waals surface area contributed by atoms with Crippen molar-refractivity contribution in [2.45, 2.75) is 19.2 Å². The molecule has 20 heavy (non-hydrogen) atoms. The smallest absolute Gasteiger partial charge is 0.256 e. The van der Waals surface area contributed by atoms with Gasteiger partial charge in [0.05, 0.1) is 5.38 Å². The Morgan fingerprint density at radius 2 is 1.90 bits per heavy atom. The van der Waals surface area contributed by atoms with E-state index in [1.165, 1.54) is 0 Å². The van der Waals surface area contributed by atoms with Crippen molar-refractivity contribution < 1.29 is 9.90 Å². The second-order valence-corrected chi connectivity index (χ2v) is 5.26. The maximum Gasteiger partial charge on any atom is 0.256 e. The standard InChI is InChI=1S/C16H16ClNO2/c1-10-12(7-5-9-15(10)19)16(20)18-14-8-4-3-6-13(14)11(2)17/h3-9,11,19H,1-2H3,(H,18,20). The average molecular weight is 290 g/mol. The van der Waals surface area contributed by atoms with Gasteiger partial charge in [-0.05, 0) is 37.6 Å². The number of benzene rings is 2. The summed E-state index contributed by atoms with van der Waals surface area (Å²) in [5.74, 6) is -0.153. The van der Waals surface area contributed by atoms with Crippen LogP contribution in [0.25, 0.3) is 0 Å². The maximum absolute atomic E-state index is 12.3. The minimum Gasteiger partial charge on any atom is -0.508 e. The number of para-hydroxylation sites is 1. The Labute approximate surface area is 123 Å². The van der Waals surface area contributed by atoms with Crippen LogP contribution in [0.15, 0.2) is 42.5 Å². The van der Waals surface area contributed by atoms with Crippen molar-refractivity contribution in [3.8, 4) is 5.75 Å². The molecule has 0 radical (unpaired) electrons. The number of anilines is 1. The molecule has 2 aromatic rings. The van der Waals surface area contributed by atoms with Gasteiger partial charge < -0.3 is 10.4 Å². The molecule has 2 rings (SSSR count). The lowest BCUT2D eigenvalue weighted by molar-refractivity contribution is 0.102. The highest BCUT2D eigenvalue weighted by molar-refractivity contribution is 6.21. The number of amides is 1. The molecule has 0 aliphatic heterocycles. The minimum atomic E-state index is -0.261. The fourth-order valence-corrected chi connectivity index (χ4v) is 2.21. The molecule has 1 unspecified atom stereocenters. The fourth-order valence-electron chi connectivity index (χ4n) is 2.02. The first-order chi connectivity index (χ1) is 9.50. The van der Waals surface area contributed by atoms with E-state index in [1.807, 2.05) is 31.2 Å². The fraction of sp³-hybridized carbons (Fsp3) is 0.188. The Morgan fingerprint density at radius 3 is 2.60 bits per heavy atom. The molecule has 3 nitrogen and oxygen atoms in total. The first-order valence-corrected chi connectivity index (χ1v) is 6.77. The number of aromatic hydroxyl groups is 1. The van der Waals surface area contributed by atoms with Crippen molar-refractivity contribution in [1.29, 1.82) is 0 Å². The maximum atomic E-state index is 12.3. The molecule has 4 heteroatoms. The topological polar surface area (TPSA) is 49.3 Å². The molecule has 0 aliphatic carbocycles. The number of carbonyl (C=O) groups is 1. The Hall–Kier alpha value is -2.00. The van der Waals surface area contributed by atoms with Crippen molar-refractivity contribution in [2.75, 3.05) is 5.32 Å². The zero-order valence-corrected chi connectivity index (χ0v) is 12.1. The molecule has 0 bridgehead atoms. The predicted molar refractivity (Wildman–Crippen MR) is 81.5 cm³/mol. The third kappa shape index (κ3) is 2.94. The highest BCUT2D eigenvalue weighted by Gasteiger charge is 2.14. The zero-order valence-electron chi connectivity index (χ0n) is 11.4. The zero-order chi connectivity index (χ0) is 14.7. The summed E-state index contributed by atoms with van der Waals surface area (Å²) in [5, 5.41) is 12.3. The molecular formula is C16H16ClNO2. The number of rotatable bonds is 3. The number of halogens is 1. The van der Waals surface area contributed by atoms with Crippen LogP contribution < -0.4 is 5.32 Å². The summed E-state index contributed by atoms with van der Waals surface area (Å²) in [4.78, 5) is 12.3. The van der Waals surface area contributed by atoms with Crippen LogP contribution in [0.5, 0.6) is 5.75 Å². The number of nitrogens with one attached hydrogen (secondary N) is 1. The van der Waals surface area contributed by atoms with E-state index in [0.717, 1.165) is 5.56 Å². The second kappa shape index (κ2) is 5.97. The second-order valence-electron chi connectivity index (χ2n) is 4.61. The van der Waals surface area contributed by atoms with Crippen molar-refractivity contribution in [1.82, 2.24) is 0 Å². The van der Waals surface area contributed by atoms with Gasteiger partial charge in [0.1, 0.15) is 5.75 Å². The SMILES string of the molecule is Cc1c(O)cccc1C(=O)Nc1ccccc1C(C)Cl. The third-order valence-electron chi connectivity index (χ3n) is 3.19. The molecule has 2 aromatic carbocycles. The summed E-state index contributed by atoms with van der Waals surface area (Å²) in [6.07, 6.45) is 0. The molecule has 0 heterocycles. The number of phenolic OH excluding ortho intramolecular Hbond substituents is 1. The number of carbonyl (C=O) groups excluding carboxylic acids is 1. The van der Waals surface area contributed by atoms with Gasteiger partial charge in [-0.3, -0.25) is 4.79 Å². The Morgan fingerprint density at radius 1 is 1.20 bits per heavy atom. The lowest BCUT2D eigenvalue weighted by Gasteiger charge is -2.13. The summed E-state index contributed by atoms with van der Waals surface area (Å²) in [7, 11) is 0. The number of phenols is 1. The van der Waals surface area contributed by atoms with Gasteiger partial charge in [-0.2, -0.15) is 0 Å². The van der Waals surface area contributed by atoms with Crippen molar-refractivity contribution >= 4 is 23.2 Å². The molecule has 0 saturated heterocycles. The minimum absolute atomic E-state index is 0.108. The summed E-state index contributed by atoms with van der Waals surface area (Å²) in [6.45, 7) is 3.56. The number of hydrogen-bond acceptors (Lipinski definition) is 2. The largest absolute Gasteiger partial charge is 0.508 e.